The first-order chi connectivity index (χ1) is 9.90. The summed E-state index contributed by atoms with van der Waals surface area (Å²) in [6.07, 6.45) is 1.71. The molecule has 0 bridgehead atoms. The van der Waals surface area contributed by atoms with Crippen molar-refractivity contribution in [3.63, 3.8) is 0 Å². The molecule has 4 N–H and O–H groups in total. The van der Waals surface area contributed by atoms with Crippen LogP contribution in [0.25, 0.3) is 0 Å². The largest absolute Gasteiger partial charge is 0.394 e. The molecule has 0 aliphatic heterocycles. The molecule has 8 nitrogen and oxygen atoms in total. The molecule has 0 unspecified atom stereocenters. The van der Waals surface area contributed by atoms with E-state index in [0.717, 1.165) is 0 Å². The molecule has 0 spiro atoms. The van der Waals surface area contributed by atoms with Gasteiger partial charge in [-0.2, -0.15) is 0 Å². The van der Waals surface area contributed by atoms with Crippen LogP contribution in [0.4, 0.5) is 5.69 Å². The molecule has 1 heterocycles. The van der Waals surface area contributed by atoms with Crippen molar-refractivity contribution in [1.82, 2.24) is 15.0 Å². The molecular weight excluding hydrogens is 294 g/mol. The van der Waals surface area contributed by atoms with Crippen LogP contribution in [-0.2, 0) is 23.1 Å². The maximum absolute atomic E-state index is 11.5. The zero-order chi connectivity index (χ0) is 15.5. The lowest BCUT2D eigenvalue weighted by atomic mass is 10.2. The van der Waals surface area contributed by atoms with Crippen molar-refractivity contribution in [3.05, 3.63) is 35.7 Å². The molecule has 2 rings (SSSR count). The minimum atomic E-state index is -3.74. The molecule has 0 saturated heterocycles. The van der Waals surface area contributed by atoms with E-state index in [2.05, 4.69) is 15.6 Å². The van der Waals surface area contributed by atoms with E-state index < -0.39 is 10.0 Å². The third-order valence-electron chi connectivity index (χ3n) is 2.88. The lowest BCUT2D eigenvalue weighted by Gasteiger charge is -2.08. The number of nitrogens with two attached hydrogens (primary N) is 1. The number of nitrogens with one attached hydrogen (secondary N) is 1. The summed E-state index contributed by atoms with van der Waals surface area (Å²) in [7, 11) is -3.74. The van der Waals surface area contributed by atoms with Crippen LogP contribution in [0.15, 0.2) is 29.3 Å². The molecule has 0 atom stereocenters. The molecule has 9 heteroatoms. The van der Waals surface area contributed by atoms with Gasteiger partial charge in [-0.05, 0) is 24.6 Å². The van der Waals surface area contributed by atoms with Gasteiger partial charge in [0.25, 0.3) is 0 Å². The molecule has 2 aromatic rings. The zero-order valence-corrected chi connectivity index (χ0v) is 12.3. The van der Waals surface area contributed by atoms with E-state index in [4.69, 9.17) is 10.2 Å². The van der Waals surface area contributed by atoms with Crippen molar-refractivity contribution in [3.8, 4) is 0 Å². The molecule has 0 aliphatic rings. The topological polar surface area (TPSA) is 123 Å². The fourth-order valence-corrected chi connectivity index (χ4v) is 2.65. The lowest BCUT2D eigenvalue weighted by Crippen LogP contribution is -2.14. The van der Waals surface area contributed by atoms with Gasteiger partial charge in [0, 0.05) is 5.69 Å². The van der Waals surface area contributed by atoms with Crippen LogP contribution in [0.1, 0.15) is 11.3 Å². The van der Waals surface area contributed by atoms with E-state index >= 15 is 0 Å². The Labute approximate surface area is 122 Å². The Morgan fingerprint density at radius 3 is 2.86 bits per heavy atom. The highest BCUT2D eigenvalue weighted by Crippen LogP contribution is 2.19. The van der Waals surface area contributed by atoms with Gasteiger partial charge in [0.2, 0.25) is 10.0 Å². The minimum absolute atomic E-state index is 0.00803. The summed E-state index contributed by atoms with van der Waals surface area (Å²) in [4.78, 5) is 0.0939. The number of aryl methyl sites for hydroxylation is 1. The van der Waals surface area contributed by atoms with E-state index in [0.29, 0.717) is 30.0 Å². The van der Waals surface area contributed by atoms with Crippen LogP contribution < -0.4 is 10.5 Å². The van der Waals surface area contributed by atoms with Gasteiger partial charge in [-0.3, -0.25) is 0 Å². The van der Waals surface area contributed by atoms with Gasteiger partial charge in [-0.25, -0.2) is 18.2 Å². The third kappa shape index (κ3) is 4.00. The molecule has 0 amide bonds. The molecule has 0 fully saturated rings. The fourth-order valence-electron chi connectivity index (χ4n) is 1.84. The molecular formula is C12H17N5O3S. The van der Waals surface area contributed by atoms with Crippen molar-refractivity contribution < 1.29 is 13.5 Å². The molecule has 1 aromatic heterocycles. The van der Waals surface area contributed by atoms with Gasteiger partial charge < -0.3 is 10.4 Å². The van der Waals surface area contributed by atoms with Crippen LogP contribution in [0.5, 0.6) is 0 Å². The maximum atomic E-state index is 11.5. The molecule has 0 radical (unpaired) electrons. The Hall–Kier alpha value is -1.97. The average Bonchev–Trinajstić information content (AvgIpc) is 2.85. The number of aromatic nitrogens is 3. The summed E-state index contributed by atoms with van der Waals surface area (Å²) >= 11 is 0. The Morgan fingerprint density at radius 1 is 1.43 bits per heavy atom. The molecule has 0 aliphatic carbocycles. The number of rotatable bonds is 6. The zero-order valence-electron chi connectivity index (χ0n) is 11.5. The number of nitrogens with zero attached hydrogens (tertiary/aromatic N) is 3. The summed E-state index contributed by atoms with van der Waals surface area (Å²) in [5.74, 6) is 0. The summed E-state index contributed by atoms with van der Waals surface area (Å²) in [5.41, 5.74) is 1.90. The van der Waals surface area contributed by atoms with Gasteiger partial charge in [0.1, 0.15) is 5.69 Å². The number of aliphatic hydroxyl groups is 1. The highest BCUT2D eigenvalue weighted by atomic mass is 32.2. The summed E-state index contributed by atoms with van der Waals surface area (Å²) in [6, 6.07) is 4.94. The standard InChI is InChI=1S/C12H17N5O3S/c1-9-2-3-10(6-12(9)21(13,19)20)14-7-11-8-17(4-5-18)16-15-11/h2-3,6,8,14,18H,4-5,7H2,1H3,(H2,13,19,20). The Balaban J connectivity index is 2.09. The number of hydrogen-bond acceptors (Lipinski definition) is 6. The highest BCUT2D eigenvalue weighted by molar-refractivity contribution is 7.89. The second-order valence-electron chi connectivity index (χ2n) is 4.58. The quantitative estimate of drug-likeness (QED) is 0.681. The van der Waals surface area contributed by atoms with Crippen molar-refractivity contribution in [2.24, 2.45) is 5.14 Å². The van der Waals surface area contributed by atoms with E-state index in [1.807, 2.05) is 0 Å². The smallest absolute Gasteiger partial charge is 0.238 e. The predicted molar refractivity (Wildman–Crippen MR) is 77.0 cm³/mol. The second kappa shape index (κ2) is 6.20. The number of sulfonamides is 1. The van der Waals surface area contributed by atoms with Crippen molar-refractivity contribution in [1.29, 1.82) is 0 Å². The van der Waals surface area contributed by atoms with Gasteiger partial charge in [0.15, 0.2) is 0 Å². The van der Waals surface area contributed by atoms with E-state index in [9.17, 15) is 8.42 Å². The number of aliphatic hydroxyl groups excluding tert-OH is 1. The first-order valence-corrected chi connectivity index (χ1v) is 7.82. The third-order valence-corrected chi connectivity index (χ3v) is 3.94. The number of hydrogen-bond donors (Lipinski definition) is 3. The fraction of sp³-hybridized carbons (Fsp3) is 0.333. The molecule has 114 valence electrons. The summed E-state index contributed by atoms with van der Waals surface area (Å²) in [6.45, 7) is 2.45. The number of benzene rings is 1. The Bertz CT molecular complexity index is 726. The molecule has 0 saturated carbocycles. The number of primary sulfonamides is 1. The molecule has 1 aromatic carbocycles. The Kier molecular flexibility index (Phi) is 4.56. The average molecular weight is 311 g/mol. The summed E-state index contributed by atoms with van der Waals surface area (Å²) in [5, 5.41) is 24.8. The maximum Gasteiger partial charge on any atom is 0.238 e. The van der Waals surface area contributed by atoms with Crippen LogP contribution >= 0.6 is 0 Å². The minimum Gasteiger partial charge on any atom is -0.394 e. The van der Waals surface area contributed by atoms with E-state index in [1.165, 1.54) is 10.7 Å². The number of anilines is 1. The normalized spacial score (nSPS) is 11.6. The van der Waals surface area contributed by atoms with Gasteiger partial charge in [0.05, 0.1) is 30.8 Å². The first-order valence-electron chi connectivity index (χ1n) is 6.27. The van der Waals surface area contributed by atoms with Crippen LogP contribution in [0.2, 0.25) is 0 Å². The van der Waals surface area contributed by atoms with Crippen molar-refractivity contribution in [2.75, 3.05) is 11.9 Å². The van der Waals surface area contributed by atoms with Crippen molar-refractivity contribution >= 4 is 15.7 Å². The highest BCUT2D eigenvalue weighted by Gasteiger charge is 2.12. The van der Waals surface area contributed by atoms with E-state index in [-0.39, 0.29) is 11.5 Å². The summed E-state index contributed by atoms with van der Waals surface area (Å²) < 4.78 is 24.4. The SMILES string of the molecule is Cc1ccc(NCc2cn(CCO)nn2)cc1S(N)(=O)=O. The van der Waals surface area contributed by atoms with Crippen molar-refractivity contribution in [2.45, 2.75) is 24.9 Å². The lowest BCUT2D eigenvalue weighted by molar-refractivity contribution is 0.268. The predicted octanol–water partition coefficient (Wildman–Crippen LogP) is -0.162. The van der Waals surface area contributed by atoms with Gasteiger partial charge in [-0.15, -0.1) is 5.10 Å². The van der Waals surface area contributed by atoms with E-state index in [1.54, 1.807) is 25.3 Å². The Morgan fingerprint density at radius 2 is 2.19 bits per heavy atom. The molecule has 21 heavy (non-hydrogen) atoms. The van der Waals surface area contributed by atoms with Gasteiger partial charge in [-0.1, -0.05) is 11.3 Å². The van der Waals surface area contributed by atoms with Gasteiger partial charge >= 0.3 is 0 Å². The first kappa shape index (κ1) is 15.4. The second-order valence-corrected chi connectivity index (χ2v) is 6.11. The van der Waals surface area contributed by atoms with Crippen LogP contribution in [0, 0.1) is 6.92 Å². The monoisotopic (exact) mass is 311 g/mol. The van der Waals surface area contributed by atoms with Crippen LogP contribution in [-0.4, -0.2) is 35.1 Å². The van der Waals surface area contributed by atoms with Crippen LogP contribution in [0.3, 0.4) is 0 Å².